The molecule has 0 aliphatic carbocycles. The van der Waals surface area contributed by atoms with Gasteiger partial charge in [-0.2, -0.15) is 18.3 Å². The molecule has 1 fully saturated rings. The fraction of sp³-hybridized carbons (Fsp3) is 0.562. The van der Waals surface area contributed by atoms with Crippen LogP contribution in [-0.2, 0) is 26.2 Å². The molecule has 0 saturated carbocycles. The van der Waals surface area contributed by atoms with Crippen LogP contribution in [0.15, 0.2) is 22.8 Å². The third kappa shape index (κ3) is 4.54. The van der Waals surface area contributed by atoms with Crippen LogP contribution >= 0.6 is 11.3 Å². The predicted molar refractivity (Wildman–Crippen MR) is 93.9 cm³/mol. The van der Waals surface area contributed by atoms with E-state index in [-0.39, 0.29) is 6.54 Å². The van der Waals surface area contributed by atoms with Crippen molar-refractivity contribution < 1.29 is 13.2 Å². The highest BCUT2D eigenvalue weighted by molar-refractivity contribution is 7.09. The van der Waals surface area contributed by atoms with E-state index in [1.165, 1.54) is 5.56 Å². The van der Waals surface area contributed by atoms with Gasteiger partial charge in [0.25, 0.3) is 0 Å². The zero-order chi connectivity index (χ0) is 18.7. The standard InChI is InChI=1S/C16H21F3N6S/c1-20-15(21-7-14-23-13(10-26-14)16(17,18)19)25-4-3-11(9-25)5-12-6-22-24(2)8-12/h6,8,10-11H,3-5,7,9H2,1-2H3,(H,20,21). The number of nitrogens with zero attached hydrogens (tertiary/aromatic N) is 5. The Kier molecular flexibility index (Phi) is 5.49. The minimum Gasteiger partial charge on any atom is -0.350 e. The molecule has 1 aliphatic heterocycles. The second-order valence-electron chi connectivity index (χ2n) is 6.35. The summed E-state index contributed by atoms with van der Waals surface area (Å²) in [6, 6.07) is 0. The molecule has 0 bridgehead atoms. The van der Waals surface area contributed by atoms with Crippen LogP contribution in [0.25, 0.3) is 0 Å². The smallest absolute Gasteiger partial charge is 0.350 e. The van der Waals surface area contributed by atoms with E-state index >= 15 is 0 Å². The van der Waals surface area contributed by atoms with Crippen LogP contribution in [0.3, 0.4) is 0 Å². The van der Waals surface area contributed by atoms with Crippen molar-refractivity contribution in [2.24, 2.45) is 18.0 Å². The van der Waals surface area contributed by atoms with E-state index in [4.69, 9.17) is 0 Å². The van der Waals surface area contributed by atoms with Crippen molar-refractivity contribution in [3.63, 3.8) is 0 Å². The Balaban J connectivity index is 1.52. The normalized spacial score (nSPS) is 18.6. The number of aryl methyl sites for hydroxylation is 1. The van der Waals surface area contributed by atoms with Crippen molar-refractivity contribution in [1.82, 2.24) is 25.0 Å². The molecule has 0 amide bonds. The second kappa shape index (κ2) is 7.65. The lowest BCUT2D eigenvalue weighted by Crippen LogP contribution is -2.39. The summed E-state index contributed by atoms with van der Waals surface area (Å²) >= 11 is 1.000. The largest absolute Gasteiger partial charge is 0.434 e. The number of alkyl halides is 3. The fourth-order valence-electron chi connectivity index (χ4n) is 3.11. The van der Waals surface area contributed by atoms with E-state index in [0.29, 0.717) is 16.9 Å². The van der Waals surface area contributed by atoms with Crippen LogP contribution in [0.5, 0.6) is 0 Å². The molecule has 1 atom stereocenters. The summed E-state index contributed by atoms with van der Waals surface area (Å²) in [5.74, 6) is 1.21. The van der Waals surface area contributed by atoms with Gasteiger partial charge in [0.2, 0.25) is 0 Å². The van der Waals surface area contributed by atoms with Gasteiger partial charge >= 0.3 is 6.18 Å². The van der Waals surface area contributed by atoms with Gasteiger partial charge in [-0.25, -0.2) is 4.98 Å². The first-order chi connectivity index (χ1) is 12.3. The molecule has 0 spiro atoms. The molecule has 2 aromatic rings. The van der Waals surface area contributed by atoms with E-state index < -0.39 is 11.9 Å². The molecule has 1 aliphatic rings. The second-order valence-corrected chi connectivity index (χ2v) is 7.29. The van der Waals surface area contributed by atoms with Crippen LogP contribution in [0.4, 0.5) is 13.2 Å². The molecule has 6 nitrogen and oxygen atoms in total. The molecular weight excluding hydrogens is 365 g/mol. The minimum absolute atomic E-state index is 0.233. The Morgan fingerprint density at radius 3 is 2.88 bits per heavy atom. The Bertz CT molecular complexity index is 766. The lowest BCUT2D eigenvalue weighted by Gasteiger charge is -2.21. The number of hydrogen-bond acceptors (Lipinski definition) is 4. The van der Waals surface area contributed by atoms with Crippen molar-refractivity contribution in [2.45, 2.75) is 25.6 Å². The molecule has 2 aromatic heterocycles. The first kappa shape index (κ1) is 18.7. The number of guanidine groups is 1. The maximum atomic E-state index is 12.6. The van der Waals surface area contributed by atoms with Gasteiger partial charge in [-0.1, -0.05) is 0 Å². The fourth-order valence-corrected chi connectivity index (χ4v) is 3.85. The summed E-state index contributed by atoms with van der Waals surface area (Å²) in [5, 5.41) is 8.75. The third-order valence-electron chi connectivity index (χ3n) is 4.32. The molecule has 0 radical (unpaired) electrons. The first-order valence-electron chi connectivity index (χ1n) is 8.30. The van der Waals surface area contributed by atoms with E-state index in [2.05, 4.69) is 25.3 Å². The highest BCUT2D eigenvalue weighted by Gasteiger charge is 2.33. The molecule has 26 heavy (non-hydrogen) atoms. The molecule has 1 saturated heterocycles. The molecule has 3 heterocycles. The summed E-state index contributed by atoms with van der Waals surface area (Å²) in [5.41, 5.74) is 0.372. The molecule has 142 valence electrons. The van der Waals surface area contributed by atoms with Crippen molar-refractivity contribution >= 4 is 17.3 Å². The van der Waals surface area contributed by atoms with Gasteiger partial charge in [-0.3, -0.25) is 9.67 Å². The zero-order valence-corrected chi connectivity index (χ0v) is 15.4. The number of rotatable bonds is 4. The van der Waals surface area contributed by atoms with Gasteiger partial charge < -0.3 is 10.2 Å². The first-order valence-corrected chi connectivity index (χ1v) is 9.18. The van der Waals surface area contributed by atoms with Crippen molar-refractivity contribution in [1.29, 1.82) is 0 Å². The maximum Gasteiger partial charge on any atom is 0.434 e. The van der Waals surface area contributed by atoms with E-state index in [1.807, 2.05) is 19.4 Å². The van der Waals surface area contributed by atoms with E-state index in [1.54, 1.807) is 11.7 Å². The van der Waals surface area contributed by atoms with E-state index in [0.717, 1.165) is 42.6 Å². The number of halogens is 3. The Labute approximate surface area is 153 Å². The Morgan fingerprint density at radius 2 is 2.27 bits per heavy atom. The van der Waals surface area contributed by atoms with Crippen LogP contribution in [0.2, 0.25) is 0 Å². The number of aromatic nitrogens is 3. The summed E-state index contributed by atoms with van der Waals surface area (Å²) in [4.78, 5) is 10.0. The average Bonchev–Trinajstić information content (AvgIpc) is 3.29. The van der Waals surface area contributed by atoms with Crippen LogP contribution in [0.1, 0.15) is 22.7 Å². The Hall–Kier alpha value is -2.10. The van der Waals surface area contributed by atoms with Crippen LogP contribution in [0, 0.1) is 5.92 Å². The highest BCUT2D eigenvalue weighted by Crippen LogP contribution is 2.30. The van der Waals surface area contributed by atoms with Gasteiger partial charge in [0.15, 0.2) is 11.7 Å². The molecular formula is C16H21F3N6S. The van der Waals surface area contributed by atoms with Crippen molar-refractivity contribution in [2.75, 3.05) is 20.1 Å². The predicted octanol–water partition coefficient (Wildman–Crippen LogP) is 2.54. The summed E-state index contributed by atoms with van der Waals surface area (Å²) in [6.45, 7) is 1.97. The summed E-state index contributed by atoms with van der Waals surface area (Å²) in [7, 11) is 3.58. The molecule has 3 rings (SSSR count). The lowest BCUT2D eigenvalue weighted by atomic mass is 10.0. The van der Waals surface area contributed by atoms with Gasteiger partial charge in [-0.15, -0.1) is 11.3 Å². The number of hydrogen-bond donors (Lipinski definition) is 1. The molecule has 10 heteroatoms. The Morgan fingerprint density at radius 1 is 1.46 bits per heavy atom. The summed E-state index contributed by atoms with van der Waals surface area (Å²) in [6.07, 6.45) is 1.52. The van der Waals surface area contributed by atoms with Gasteiger partial charge in [-0.05, 0) is 24.3 Å². The van der Waals surface area contributed by atoms with Crippen molar-refractivity contribution in [3.05, 3.63) is 34.0 Å². The number of aliphatic imine (C=N–C) groups is 1. The third-order valence-corrected chi connectivity index (χ3v) is 5.17. The lowest BCUT2D eigenvalue weighted by molar-refractivity contribution is -0.140. The molecule has 1 unspecified atom stereocenters. The summed E-state index contributed by atoms with van der Waals surface area (Å²) < 4.78 is 39.7. The van der Waals surface area contributed by atoms with Gasteiger partial charge in [0, 0.05) is 38.8 Å². The molecule has 1 N–H and O–H groups in total. The van der Waals surface area contributed by atoms with Crippen LogP contribution < -0.4 is 5.32 Å². The van der Waals surface area contributed by atoms with Crippen molar-refractivity contribution in [3.8, 4) is 0 Å². The number of thiazole rings is 1. The highest BCUT2D eigenvalue weighted by atomic mass is 32.1. The van der Waals surface area contributed by atoms with E-state index in [9.17, 15) is 13.2 Å². The van der Waals surface area contributed by atoms with Gasteiger partial charge in [0.05, 0.1) is 12.7 Å². The average molecular weight is 386 g/mol. The van der Waals surface area contributed by atoms with Gasteiger partial charge in [0.1, 0.15) is 5.01 Å². The minimum atomic E-state index is -4.40. The topological polar surface area (TPSA) is 58.3 Å². The quantitative estimate of drug-likeness (QED) is 0.648. The zero-order valence-electron chi connectivity index (χ0n) is 14.6. The number of nitrogens with one attached hydrogen (secondary N) is 1. The monoisotopic (exact) mass is 386 g/mol. The molecule has 0 aromatic carbocycles. The van der Waals surface area contributed by atoms with Crippen LogP contribution in [-0.4, -0.2) is 45.8 Å². The number of likely N-dealkylation sites (tertiary alicyclic amines) is 1. The SMILES string of the molecule is CN=C(NCc1nc(C(F)(F)F)cs1)N1CCC(Cc2cnn(C)c2)C1. The maximum absolute atomic E-state index is 12.6.